The van der Waals surface area contributed by atoms with Gasteiger partial charge in [0.05, 0.1) is 12.5 Å². The van der Waals surface area contributed by atoms with Crippen molar-refractivity contribution < 1.29 is 4.79 Å². The van der Waals surface area contributed by atoms with Crippen LogP contribution in [0.15, 0.2) is 17.5 Å². The van der Waals surface area contributed by atoms with Crippen molar-refractivity contribution in [3.8, 4) is 0 Å². The third kappa shape index (κ3) is 2.26. The zero-order valence-electron chi connectivity index (χ0n) is 12.7. The van der Waals surface area contributed by atoms with Crippen molar-refractivity contribution in [2.45, 2.75) is 57.7 Å². The number of rotatable bonds is 3. The topological polar surface area (TPSA) is 51.0 Å². The third-order valence-electron chi connectivity index (χ3n) is 4.85. The van der Waals surface area contributed by atoms with Crippen LogP contribution < -0.4 is 0 Å². The Balaban J connectivity index is 1.58. The fourth-order valence-electron chi connectivity index (χ4n) is 3.82. The highest BCUT2D eigenvalue weighted by molar-refractivity contribution is 7.10. The Kier molecular flexibility index (Phi) is 3.48. The summed E-state index contributed by atoms with van der Waals surface area (Å²) in [6, 6.07) is 4.67. The van der Waals surface area contributed by atoms with Crippen LogP contribution in [-0.2, 0) is 30.6 Å². The molecule has 22 heavy (non-hydrogen) atoms. The minimum atomic E-state index is 0.270. The number of aromatic nitrogens is 3. The summed E-state index contributed by atoms with van der Waals surface area (Å²) in [6.07, 6.45) is 4.47. The predicted molar refractivity (Wildman–Crippen MR) is 84.8 cm³/mol. The molecule has 0 aliphatic carbocycles. The van der Waals surface area contributed by atoms with Crippen molar-refractivity contribution in [1.29, 1.82) is 0 Å². The van der Waals surface area contributed by atoms with Crippen LogP contribution in [0, 0.1) is 0 Å². The van der Waals surface area contributed by atoms with Gasteiger partial charge in [0.2, 0.25) is 5.91 Å². The maximum absolute atomic E-state index is 12.8. The fraction of sp³-hybridized carbons (Fsp3) is 0.562. The molecule has 2 bridgehead atoms. The first-order chi connectivity index (χ1) is 10.8. The van der Waals surface area contributed by atoms with Gasteiger partial charge >= 0.3 is 0 Å². The molecular weight excluding hydrogens is 296 g/mol. The molecule has 5 nitrogen and oxygen atoms in total. The smallest absolute Gasteiger partial charge is 0.228 e. The minimum absolute atomic E-state index is 0.270. The molecule has 0 N–H and O–H groups in total. The van der Waals surface area contributed by atoms with Gasteiger partial charge in [-0.05, 0) is 24.3 Å². The lowest BCUT2D eigenvalue weighted by atomic mass is 10.1. The molecule has 116 valence electrons. The van der Waals surface area contributed by atoms with Crippen molar-refractivity contribution in [2.75, 3.05) is 0 Å². The number of fused-ring (bicyclic) bond motifs is 3. The van der Waals surface area contributed by atoms with E-state index in [1.165, 1.54) is 0 Å². The Morgan fingerprint density at radius 1 is 1.36 bits per heavy atom. The van der Waals surface area contributed by atoms with Crippen LogP contribution in [0.25, 0.3) is 0 Å². The Hall–Kier alpha value is -1.69. The first-order valence-electron chi connectivity index (χ1n) is 8.00. The van der Waals surface area contributed by atoms with E-state index in [4.69, 9.17) is 0 Å². The molecule has 2 aliphatic rings. The number of hydrogen-bond acceptors (Lipinski definition) is 4. The van der Waals surface area contributed by atoms with Crippen LogP contribution >= 0.6 is 11.3 Å². The second-order valence-electron chi connectivity index (χ2n) is 6.14. The zero-order valence-corrected chi connectivity index (χ0v) is 13.6. The summed E-state index contributed by atoms with van der Waals surface area (Å²) in [6.45, 7) is 2.97. The van der Waals surface area contributed by atoms with E-state index < -0.39 is 0 Å². The maximum atomic E-state index is 12.8. The quantitative estimate of drug-likeness (QED) is 0.871. The van der Waals surface area contributed by atoms with Crippen molar-refractivity contribution >= 4 is 17.2 Å². The lowest BCUT2D eigenvalue weighted by Gasteiger charge is -2.28. The molecule has 2 aromatic heterocycles. The lowest BCUT2D eigenvalue weighted by molar-refractivity contribution is -0.133. The normalized spacial score (nSPS) is 23.4. The van der Waals surface area contributed by atoms with E-state index >= 15 is 0 Å². The summed E-state index contributed by atoms with van der Waals surface area (Å²) in [5, 5.41) is 10.7. The minimum Gasteiger partial charge on any atom is -0.334 e. The summed E-state index contributed by atoms with van der Waals surface area (Å²) in [7, 11) is 0. The molecule has 2 aliphatic heterocycles. The summed E-state index contributed by atoms with van der Waals surface area (Å²) < 4.78 is 2.25. The molecule has 1 fully saturated rings. The van der Waals surface area contributed by atoms with Gasteiger partial charge in [-0.2, -0.15) is 0 Å². The largest absolute Gasteiger partial charge is 0.334 e. The van der Waals surface area contributed by atoms with Crippen LogP contribution in [0.4, 0.5) is 0 Å². The average molecular weight is 316 g/mol. The molecule has 0 saturated carbocycles. The van der Waals surface area contributed by atoms with Crippen LogP contribution in [0.1, 0.15) is 36.3 Å². The second kappa shape index (κ2) is 5.50. The Labute approximate surface area is 134 Å². The monoisotopic (exact) mass is 316 g/mol. The first kappa shape index (κ1) is 13.9. The van der Waals surface area contributed by atoms with Gasteiger partial charge in [-0.3, -0.25) is 4.79 Å². The Morgan fingerprint density at radius 2 is 2.23 bits per heavy atom. The molecule has 0 aromatic carbocycles. The van der Waals surface area contributed by atoms with Gasteiger partial charge < -0.3 is 9.47 Å². The molecule has 1 saturated heterocycles. The fourth-order valence-corrected chi connectivity index (χ4v) is 4.51. The zero-order chi connectivity index (χ0) is 15.1. The highest BCUT2D eigenvalue weighted by atomic mass is 32.1. The summed E-state index contributed by atoms with van der Waals surface area (Å²) >= 11 is 1.66. The van der Waals surface area contributed by atoms with Crippen LogP contribution in [0.2, 0.25) is 0 Å². The van der Waals surface area contributed by atoms with Crippen molar-refractivity contribution in [2.24, 2.45) is 0 Å². The molecule has 4 rings (SSSR count). The highest BCUT2D eigenvalue weighted by Crippen LogP contribution is 2.32. The molecular formula is C16H20N4OS. The lowest BCUT2D eigenvalue weighted by Crippen LogP contribution is -2.42. The molecule has 2 unspecified atom stereocenters. The average Bonchev–Trinajstić information content (AvgIpc) is 3.19. The van der Waals surface area contributed by atoms with Crippen LogP contribution in [0.3, 0.4) is 0 Å². The number of amides is 1. The standard InChI is InChI=1S/C16H20N4OS/c1-2-14-17-18-15-8-11-5-6-12(10-19(14)15)20(11)16(21)9-13-4-3-7-22-13/h3-4,7,11-12H,2,5-6,8-10H2,1H3. The summed E-state index contributed by atoms with van der Waals surface area (Å²) in [4.78, 5) is 16.1. The summed E-state index contributed by atoms with van der Waals surface area (Å²) in [5.74, 6) is 2.37. The third-order valence-corrected chi connectivity index (χ3v) is 5.72. The van der Waals surface area contributed by atoms with Crippen LogP contribution in [0.5, 0.6) is 0 Å². The summed E-state index contributed by atoms with van der Waals surface area (Å²) in [5.41, 5.74) is 0. The van der Waals surface area contributed by atoms with E-state index in [1.807, 2.05) is 17.5 Å². The number of hydrogen-bond donors (Lipinski definition) is 0. The second-order valence-corrected chi connectivity index (χ2v) is 7.18. The number of carbonyl (C=O) groups is 1. The number of aryl methyl sites for hydroxylation is 1. The molecule has 2 atom stereocenters. The Morgan fingerprint density at radius 3 is 3.00 bits per heavy atom. The van der Waals surface area contributed by atoms with E-state index in [2.05, 4.69) is 26.6 Å². The molecule has 0 radical (unpaired) electrons. The number of thiophene rings is 1. The molecule has 1 amide bonds. The van der Waals surface area contributed by atoms with E-state index in [1.54, 1.807) is 11.3 Å². The molecule has 0 spiro atoms. The van der Waals surface area contributed by atoms with Crippen LogP contribution in [-0.4, -0.2) is 37.7 Å². The van der Waals surface area contributed by atoms with Gasteiger partial charge in [-0.25, -0.2) is 0 Å². The molecule has 4 heterocycles. The molecule has 6 heteroatoms. The van der Waals surface area contributed by atoms with E-state index in [9.17, 15) is 4.79 Å². The molecule has 2 aromatic rings. The van der Waals surface area contributed by atoms with Gasteiger partial charge in [-0.1, -0.05) is 13.0 Å². The van der Waals surface area contributed by atoms with Crippen molar-refractivity contribution in [1.82, 2.24) is 19.7 Å². The van der Waals surface area contributed by atoms with Crippen molar-refractivity contribution in [3.05, 3.63) is 34.0 Å². The SMILES string of the molecule is CCc1nnc2n1CC1CCC(C2)N1C(=O)Cc1cccs1. The van der Waals surface area contributed by atoms with Gasteiger partial charge in [0.25, 0.3) is 0 Å². The number of carbonyl (C=O) groups excluding carboxylic acids is 1. The highest BCUT2D eigenvalue weighted by Gasteiger charge is 2.40. The van der Waals surface area contributed by atoms with Gasteiger partial charge in [0.1, 0.15) is 11.6 Å². The van der Waals surface area contributed by atoms with Gasteiger partial charge in [-0.15, -0.1) is 21.5 Å². The van der Waals surface area contributed by atoms with Gasteiger partial charge in [0.15, 0.2) is 0 Å². The maximum Gasteiger partial charge on any atom is 0.228 e. The van der Waals surface area contributed by atoms with Crippen molar-refractivity contribution in [3.63, 3.8) is 0 Å². The van der Waals surface area contributed by atoms with E-state index in [0.717, 1.165) is 48.8 Å². The van der Waals surface area contributed by atoms with Gasteiger partial charge in [0, 0.05) is 30.3 Å². The Bertz CT molecular complexity index is 678. The van der Waals surface area contributed by atoms with E-state index in [-0.39, 0.29) is 5.91 Å². The first-order valence-corrected chi connectivity index (χ1v) is 8.88. The van der Waals surface area contributed by atoms with E-state index in [0.29, 0.717) is 18.5 Å². The predicted octanol–water partition coefficient (Wildman–Crippen LogP) is 2.06. The number of nitrogens with zero attached hydrogens (tertiary/aromatic N) is 4.